The summed E-state index contributed by atoms with van der Waals surface area (Å²) >= 11 is 12.3. The molecule has 1 nitrogen and oxygen atoms in total. The summed E-state index contributed by atoms with van der Waals surface area (Å²) in [5.41, 5.74) is 10.4. The molecular weight excluding hydrogens is 301 g/mol. The van der Waals surface area contributed by atoms with Crippen LogP contribution in [0.1, 0.15) is 35.4 Å². The summed E-state index contributed by atoms with van der Waals surface area (Å²) in [5, 5.41) is 1.46. The van der Waals surface area contributed by atoms with E-state index in [0.717, 1.165) is 29.8 Å². The van der Waals surface area contributed by atoms with Crippen LogP contribution >= 0.6 is 23.2 Å². The van der Waals surface area contributed by atoms with E-state index < -0.39 is 0 Å². The molecule has 2 aromatic carbocycles. The van der Waals surface area contributed by atoms with Crippen LogP contribution < -0.4 is 5.73 Å². The van der Waals surface area contributed by atoms with E-state index in [1.165, 1.54) is 17.5 Å². The highest BCUT2D eigenvalue weighted by Crippen LogP contribution is 2.35. The maximum absolute atomic E-state index is 6.51. The fourth-order valence-electron chi connectivity index (χ4n) is 3.33. The van der Waals surface area contributed by atoms with Gasteiger partial charge in [-0.05, 0) is 66.5 Å². The minimum Gasteiger partial charge on any atom is -0.327 e. The van der Waals surface area contributed by atoms with Gasteiger partial charge in [-0.25, -0.2) is 0 Å². The smallest absolute Gasteiger partial charge is 0.0439 e. The van der Waals surface area contributed by atoms with Crippen LogP contribution in [0.25, 0.3) is 0 Å². The minimum atomic E-state index is 0.0717. The van der Waals surface area contributed by atoms with E-state index in [9.17, 15) is 0 Å². The Hall–Kier alpha value is -1.02. The van der Waals surface area contributed by atoms with Crippen molar-refractivity contribution in [3.05, 3.63) is 69.2 Å². The van der Waals surface area contributed by atoms with Gasteiger partial charge in [0.05, 0.1) is 0 Å². The third-order valence-corrected chi connectivity index (χ3v) is 5.00. The summed E-state index contributed by atoms with van der Waals surface area (Å²) in [6, 6.07) is 14.3. The lowest BCUT2D eigenvalue weighted by atomic mass is 9.77. The first-order valence-electron chi connectivity index (χ1n) is 7.42. The SMILES string of the molecule is NC(Cc1cc(Cl)ccc1Cl)C1CCCc2ccccc21. The van der Waals surface area contributed by atoms with E-state index in [1.54, 1.807) is 0 Å². The summed E-state index contributed by atoms with van der Waals surface area (Å²) in [4.78, 5) is 0. The van der Waals surface area contributed by atoms with Crippen molar-refractivity contribution < 1.29 is 0 Å². The average Bonchev–Trinajstić information content (AvgIpc) is 2.50. The van der Waals surface area contributed by atoms with Crippen LogP contribution in [0.4, 0.5) is 0 Å². The maximum Gasteiger partial charge on any atom is 0.0439 e. The first kappa shape index (κ1) is 14.9. The van der Waals surface area contributed by atoms with Gasteiger partial charge in [-0.3, -0.25) is 0 Å². The lowest BCUT2D eigenvalue weighted by molar-refractivity contribution is 0.460. The molecule has 3 heteroatoms. The summed E-state index contributed by atoms with van der Waals surface area (Å²) in [6.45, 7) is 0. The van der Waals surface area contributed by atoms with Crippen molar-refractivity contribution in [1.29, 1.82) is 0 Å². The van der Waals surface area contributed by atoms with E-state index in [0.29, 0.717) is 10.9 Å². The molecule has 21 heavy (non-hydrogen) atoms. The monoisotopic (exact) mass is 319 g/mol. The van der Waals surface area contributed by atoms with Gasteiger partial charge in [0.15, 0.2) is 0 Å². The molecule has 0 bridgehead atoms. The quantitative estimate of drug-likeness (QED) is 0.848. The Morgan fingerprint density at radius 2 is 1.95 bits per heavy atom. The van der Waals surface area contributed by atoms with E-state index in [2.05, 4.69) is 24.3 Å². The number of halogens is 2. The molecule has 0 saturated carbocycles. The zero-order chi connectivity index (χ0) is 14.8. The average molecular weight is 320 g/mol. The minimum absolute atomic E-state index is 0.0717. The van der Waals surface area contributed by atoms with Crippen LogP contribution in [0.5, 0.6) is 0 Å². The highest BCUT2D eigenvalue weighted by atomic mass is 35.5. The summed E-state index contributed by atoms with van der Waals surface area (Å²) in [6.07, 6.45) is 4.28. The summed E-state index contributed by atoms with van der Waals surface area (Å²) < 4.78 is 0. The molecule has 2 N–H and O–H groups in total. The first-order chi connectivity index (χ1) is 10.1. The van der Waals surface area contributed by atoms with Gasteiger partial charge in [-0.15, -0.1) is 0 Å². The van der Waals surface area contributed by atoms with Crippen LogP contribution in [0.3, 0.4) is 0 Å². The van der Waals surface area contributed by atoms with E-state index in [4.69, 9.17) is 28.9 Å². The Morgan fingerprint density at radius 3 is 2.81 bits per heavy atom. The molecule has 1 aliphatic carbocycles. The van der Waals surface area contributed by atoms with Crippen molar-refractivity contribution in [2.75, 3.05) is 0 Å². The van der Waals surface area contributed by atoms with Crippen LogP contribution in [-0.2, 0) is 12.8 Å². The Morgan fingerprint density at radius 1 is 1.14 bits per heavy atom. The number of fused-ring (bicyclic) bond motifs is 1. The molecule has 0 saturated heterocycles. The third-order valence-electron chi connectivity index (χ3n) is 4.40. The van der Waals surface area contributed by atoms with Crippen molar-refractivity contribution in [2.45, 2.75) is 37.6 Å². The molecule has 0 heterocycles. The van der Waals surface area contributed by atoms with Gasteiger partial charge in [0.2, 0.25) is 0 Å². The molecule has 3 rings (SSSR count). The van der Waals surface area contributed by atoms with Crippen molar-refractivity contribution in [3.63, 3.8) is 0 Å². The Kier molecular flexibility index (Phi) is 4.54. The molecule has 2 aromatic rings. The first-order valence-corrected chi connectivity index (χ1v) is 8.18. The molecule has 0 amide bonds. The molecule has 0 spiro atoms. The van der Waals surface area contributed by atoms with Crippen molar-refractivity contribution in [3.8, 4) is 0 Å². The predicted molar refractivity (Wildman–Crippen MR) is 90.3 cm³/mol. The molecule has 0 aromatic heterocycles. The van der Waals surface area contributed by atoms with E-state index in [1.807, 2.05) is 18.2 Å². The van der Waals surface area contributed by atoms with E-state index in [-0.39, 0.29) is 6.04 Å². The van der Waals surface area contributed by atoms with Crippen LogP contribution in [-0.4, -0.2) is 6.04 Å². The van der Waals surface area contributed by atoms with E-state index >= 15 is 0 Å². The number of rotatable bonds is 3. The molecule has 2 atom stereocenters. The van der Waals surface area contributed by atoms with Gasteiger partial charge in [-0.1, -0.05) is 47.5 Å². The normalized spacial score (nSPS) is 19.1. The highest BCUT2D eigenvalue weighted by Gasteiger charge is 2.25. The van der Waals surface area contributed by atoms with Crippen LogP contribution in [0.15, 0.2) is 42.5 Å². The molecule has 0 radical (unpaired) electrons. The largest absolute Gasteiger partial charge is 0.327 e. The number of nitrogens with two attached hydrogens (primary N) is 1. The van der Waals surface area contributed by atoms with Gasteiger partial charge in [0.25, 0.3) is 0 Å². The summed E-state index contributed by atoms with van der Waals surface area (Å²) in [7, 11) is 0. The topological polar surface area (TPSA) is 26.0 Å². The zero-order valence-electron chi connectivity index (χ0n) is 11.9. The number of hydrogen-bond donors (Lipinski definition) is 1. The van der Waals surface area contributed by atoms with Gasteiger partial charge >= 0.3 is 0 Å². The van der Waals surface area contributed by atoms with Gasteiger partial charge in [0, 0.05) is 16.1 Å². The van der Waals surface area contributed by atoms with Gasteiger partial charge < -0.3 is 5.73 Å². The Bertz CT molecular complexity index is 639. The highest BCUT2D eigenvalue weighted by molar-refractivity contribution is 6.33. The lowest BCUT2D eigenvalue weighted by Crippen LogP contribution is -2.33. The van der Waals surface area contributed by atoms with Crippen molar-refractivity contribution in [1.82, 2.24) is 0 Å². The summed E-state index contributed by atoms with van der Waals surface area (Å²) in [5.74, 6) is 0.407. The number of aryl methyl sites for hydroxylation is 1. The number of benzene rings is 2. The molecular formula is C18H19Cl2N. The van der Waals surface area contributed by atoms with Crippen LogP contribution in [0.2, 0.25) is 10.0 Å². The van der Waals surface area contributed by atoms with Gasteiger partial charge in [0.1, 0.15) is 0 Å². The predicted octanol–water partition coefficient (Wildman–Crippen LogP) is 4.98. The Labute approximate surface area is 136 Å². The second-order valence-corrected chi connectivity index (χ2v) is 6.64. The fourth-order valence-corrected chi connectivity index (χ4v) is 3.72. The number of hydrogen-bond acceptors (Lipinski definition) is 1. The van der Waals surface area contributed by atoms with Crippen molar-refractivity contribution >= 4 is 23.2 Å². The van der Waals surface area contributed by atoms with Crippen LogP contribution in [0, 0.1) is 0 Å². The molecule has 0 fully saturated rings. The molecule has 0 aliphatic heterocycles. The second kappa shape index (κ2) is 6.39. The fraction of sp³-hybridized carbons (Fsp3) is 0.333. The molecule has 1 aliphatic rings. The lowest BCUT2D eigenvalue weighted by Gasteiger charge is -2.30. The van der Waals surface area contributed by atoms with Crippen molar-refractivity contribution in [2.24, 2.45) is 5.73 Å². The maximum atomic E-state index is 6.51. The molecule has 2 unspecified atom stereocenters. The Balaban J connectivity index is 1.83. The third kappa shape index (κ3) is 3.26. The molecule has 110 valence electrons. The zero-order valence-corrected chi connectivity index (χ0v) is 13.4. The van der Waals surface area contributed by atoms with Gasteiger partial charge in [-0.2, -0.15) is 0 Å². The second-order valence-electron chi connectivity index (χ2n) is 5.80. The standard InChI is InChI=1S/C18H19Cl2N/c19-14-8-9-17(20)13(10-14)11-18(21)16-7-3-5-12-4-1-2-6-15(12)16/h1-2,4,6,8-10,16,18H,3,5,7,11,21H2.